The molecule has 1 unspecified atom stereocenters. The molecule has 2 aromatic rings. The zero-order valence-electron chi connectivity index (χ0n) is 11.3. The summed E-state index contributed by atoms with van der Waals surface area (Å²) in [5, 5.41) is 4.98. The van der Waals surface area contributed by atoms with Crippen LogP contribution in [0.4, 0.5) is 0 Å². The molecule has 0 bridgehead atoms. The maximum absolute atomic E-state index is 6.24. The van der Waals surface area contributed by atoms with Crippen LogP contribution in [0, 0.1) is 0 Å². The lowest BCUT2D eigenvalue weighted by Crippen LogP contribution is -2.22. The lowest BCUT2D eigenvalue weighted by Gasteiger charge is -2.22. The van der Waals surface area contributed by atoms with Crippen LogP contribution in [0.2, 0.25) is 10.0 Å². The van der Waals surface area contributed by atoms with Crippen molar-refractivity contribution in [2.75, 3.05) is 0 Å². The van der Waals surface area contributed by atoms with Gasteiger partial charge in [0.2, 0.25) is 0 Å². The predicted octanol–water partition coefficient (Wildman–Crippen LogP) is 6.17. The second-order valence-electron chi connectivity index (χ2n) is 4.83. The van der Waals surface area contributed by atoms with Crippen LogP contribution in [-0.4, -0.2) is 0 Å². The minimum absolute atomic E-state index is 0.125. The molecule has 0 aromatic heterocycles. The van der Waals surface area contributed by atoms with Gasteiger partial charge in [-0.1, -0.05) is 51.3 Å². The third-order valence-electron chi connectivity index (χ3n) is 3.29. The second kappa shape index (κ2) is 6.95. The van der Waals surface area contributed by atoms with Gasteiger partial charge in [0.15, 0.2) is 0 Å². The lowest BCUT2D eigenvalue weighted by molar-refractivity contribution is 0.495. The molecule has 20 heavy (non-hydrogen) atoms. The highest BCUT2D eigenvalue weighted by Crippen LogP contribution is 2.28. The van der Waals surface area contributed by atoms with Gasteiger partial charge in [0.25, 0.3) is 0 Å². The van der Waals surface area contributed by atoms with Gasteiger partial charge < -0.3 is 5.32 Å². The molecule has 0 aliphatic rings. The summed E-state index contributed by atoms with van der Waals surface area (Å²) in [6.45, 7) is 4.23. The monoisotopic (exact) mass is 371 g/mol. The highest BCUT2D eigenvalue weighted by molar-refractivity contribution is 9.10. The molecule has 0 amide bonds. The van der Waals surface area contributed by atoms with Crippen LogP contribution in [0.1, 0.15) is 37.1 Å². The fraction of sp³-hybridized carbons (Fsp3) is 0.250. The molecule has 0 heterocycles. The summed E-state index contributed by atoms with van der Waals surface area (Å²) >= 11 is 15.7. The maximum Gasteiger partial charge on any atom is 0.0454 e. The molecule has 2 atom stereocenters. The average molecular weight is 373 g/mol. The van der Waals surface area contributed by atoms with E-state index in [9.17, 15) is 0 Å². The van der Waals surface area contributed by atoms with Crippen LogP contribution < -0.4 is 5.32 Å². The number of benzene rings is 2. The van der Waals surface area contributed by atoms with E-state index in [4.69, 9.17) is 23.2 Å². The van der Waals surface area contributed by atoms with E-state index in [0.29, 0.717) is 5.02 Å². The Balaban J connectivity index is 2.12. The van der Waals surface area contributed by atoms with Gasteiger partial charge in [-0.3, -0.25) is 0 Å². The topological polar surface area (TPSA) is 12.0 Å². The minimum atomic E-state index is 0.125. The number of rotatable bonds is 4. The predicted molar refractivity (Wildman–Crippen MR) is 90.6 cm³/mol. The van der Waals surface area contributed by atoms with Crippen molar-refractivity contribution in [3.8, 4) is 0 Å². The molecule has 4 heteroatoms. The minimum Gasteiger partial charge on any atom is -0.304 e. The molecular formula is C16H16BrCl2N. The second-order valence-corrected chi connectivity index (χ2v) is 6.59. The Morgan fingerprint density at radius 2 is 1.60 bits per heavy atom. The molecule has 106 valence electrons. The van der Waals surface area contributed by atoms with Crippen LogP contribution >= 0.6 is 39.1 Å². The van der Waals surface area contributed by atoms with Crippen LogP contribution in [0.15, 0.2) is 46.9 Å². The molecule has 0 spiro atoms. The van der Waals surface area contributed by atoms with Crippen LogP contribution in [0.3, 0.4) is 0 Å². The van der Waals surface area contributed by atoms with E-state index >= 15 is 0 Å². The van der Waals surface area contributed by atoms with Gasteiger partial charge in [-0.05, 0) is 55.3 Å². The van der Waals surface area contributed by atoms with Crippen molar-refractivity contribution in [3.63, 3.8) is 0 Å². The Morgan fingerprint density at radius 1 is 0.950 bits per heavy atom. The van der Waals surface area contributed by atoms with Gasteiger partial charge in [0, 0.05) is 26.6 Å². The van der Waals surface area contributed by atoms with Crippen LogP contribution in [-0.2, 0) is 0 Å². The first-order valence-electron chi connectivity index (χ1n) is 6.44. The molecule has 2 aromatic carbocycles. The van der Waals surface area contributed by atoms with E-state index in [1.807, 2.05) is 24.3 Å². The molecular weight excluding hydrogens is 357 g/mol. The van der Waals surface area contributed by atoms with E-state index in [2.05, 4.69) is 47.2 Å². The van der Waals surface area contributed by atoms with Crippen molar-refractivity contribution in [1.29, 1.82) is 0 Å². The first-order valence-corrected chi connectivity index (χ1v) is 7.98. The van der Waals surface area contributed by atoms with Gasteiger partial charge in [-0.25, -0.2) is 0 Å². The summed E-state index contributed by atoms with van der Waals surface area (Å²) in [5.41, 5.74) is 2.25. The van der Waals surface area contributed by atoms with Gasteiger partial charge >= 0.3 is 0 Å². The van der Waals surface area contributed by atoms with E-state index in [1.165, 1.54) is 5.56 Å². The van der Waals surface area contributed by atoms with Crippen LogP contribution in [0.5, 0.6) is 0 Å². The third kappa shape index (κ3) is 3.98. The molecule has 2 rings (SSSR count). The fourth-order valence-electron chi connectivity index (χ4n) is 2.16. The van der Waals surface area contributed by atoms with Crippen molar-refractivity contribution in [3.05, 3.63) is 68.1 Å². The zero-order valence-corrected chi connectivity index (χ0v) is 14.4. The Labute approximate surface area is 138 Å². The Bertz CT molecular complexity index is 584. The van der Waals surface area contributed by atoms with Crippen molar-refractivity contribution < 1.29 is 0 Å². The Morgan fingerprint density at radius 3 is 2.25 bits per heavy atom. The first kappa shape index (κ1) is 15.8. The molecule has 1 N–H and O–H groups in total. The molecule has 0 saturated carbocycles. The molecule has 0 aliphatic heterocycles. The van der Waals surface area contributed by atoms with E-state index in [-0.39, 0.29) is 12.1 Å². The fourth-order valence-corrected chi connectivity index (χ4v) is 2.88. The molecule has 0 saturated heterocycles. The Kier molecular flexibility index (Phi) is 5.50. The summed E-state index contributed by atoms with van der Waals surface area (Å²) in [6.07, 6.45) is 0. The van der Waals surface area contributed by atoms with Gasteiger partial charge in [0.05, 0.1) is 0 Å². The quantitative estimate of drug-likeness (QED) is 0.676. The van der Waals surface area contributed by atoms with E-state index in [0.717, 1.165) is 15.1 Å². The summed E-state index contributed by atoms with van der Waals surface area (Å²) in [4.78, 5) is 0. The SMILES string of the molecule is CC(N[C@H](C)c1ccc(Br)cc1)c1cc(Cl)ccc1Cl. The van der Waals surface area contributed by atoms with Gasteiger partial charge in [0.1, 0.15) is 0 Å². The normalized spacial score (nSPS) is 14.1. The summed E-state index contributed by atoms with van der Waals surface area (Å²) in [5.74, 6) is 0. The Hall–Kier alpha value is -0.540. The van der Waals surface area contributed by atoms with Crippen molar-refractivity contribution in [2.24, 2.45) is 0 Å². The molecule has 1 nitrogen and oxygen atoms in total. The third-order valence-corrected chi connectivity index (χ3v) is 4.40. The number of nitrogens with one attached hydrogen (secondary N) is 1. The average Bonchev–Trinajstić information content (AvgIpc) is 2.42. The lowest BCUT2D eigenvalue weighted by atomic mass is 10.0. The van der Waals surface area contributed by atoms with Gasteiger partial charge in [-0.2, -0.15) is 0 Å². The maximum atomic E-state index is 6.24. The number of hydrogen-bond acceptors (Lipinski definition) is 1. The smallest absolute Gasteiger partial charge is 0.0454 e. The summed E-state index contributed by atoms with van der Waals surface area (Å²) in [6, 6.07) is 14.2. The number of halogens is 3. The van der Waals surface area contributed by atoms with Crippen LogP contribution in [0.25, 0.3) is 0 Å². The highest BCUT2D eigenvalue weighted by atomic mass is 79.9. The zero-order chi connectivity index (χ0) is 14.7. The van der Waals surface area contributed by atoms with Crippen molar-refractivity contribution in [1.82, 2.24) is 5.32 Å². The first-order chi connectivity index (χ1) is 9.47. The number of hydrogen-bond donors (Lipinski definition) is 1. The summed E-state index contributed by atoms with van der Waals surface area (Å²) in [7, 11) is 0. The van der Waals surface area contributed by atoms with Crippen molar-refractivity contribution >= 4 is 39.1 Å². The molecule has 0 radical (unpaired) electrons. The van der Waals surface area contributed by atoms with E-state index < -0.39 is 0 Å². The van der Waals surface area contributed by atoms with Gasteiger partial charge in [-0.15, -0.1) is 0 Å². The largest absolute Gasteiger partial charge is 0.304 e. The van der Waals surface area contributed by atoms with E-state index in [1.54, 1.807) is 6.07 Å². The highest BCUT2D eigenvalue weighted by Gasteiger charge is 2.14. The molecule has 0 fully saturated rings. The molecule has 0 aliphatic carbocycles. The standard InChI is InChI=1S/C16H16BrCl2N/c1-10(12-3-5-13(17)6-4-12)20-11(2)15-9-14(18)7-8-16(15)19/h3-11,20H,1-2H3/t10-,11?/m1/s1. The summed E-state index contributed by atoms with van der Waals surface area (Å²) < 4.78 is 1.08. The van der Waals surface area contributed by atoms with Crippen molar-refractivity contribution in [2.45, 2.75) is 25.9 Å².